The number of hydrogen-bond acceptors (Lipinski definition) is 9. The van der Waals surface area contributed by atoms with Crippen molar-refractivity contribution in [2.45, 2.75) is 12.2 Å². The molecule has 2 aliphatic heterocycles. The Balaban J connectivity index is 1.33. The van der Waals surface area contributed by atoms with E-state index in [-0.39, 0.29) is 29.7 Å². The average molecular weight is 558 g/mol. The van der Waals surface area contributed by atoms with Crippen LogP contribution in [-0.4, -0.2) is 86.2 Å². The van der Waals surface area contributed by atoms with Crippen LogP contribution in [-0.2, 0) is 19.0 Å². The van der Waals surface area contributed by atoms with E-state index >= 15 is 0 Å². The van der Waals surface area contributed by atoms with Gasteiger partial charge in [-0.1, -0.05) is 17.7 Å². The molecule has 0 radical (unpaired) electrons. The summed E-state index contributed by atoms with van der Waals surface area (Å²) in [6.45, 7) is 4.04. The first kappa shape index (κ1) is 27.2. The number of hydrogen-bond donors (Lipinski definition) is 2. The Kier molecular flexibility index (Phi) is 8.84. The van der Waals surface area contributed by atoms with Gasteiger partial charge in [-0.25, -0.2) is 14.4 Å². The highest BCUT2D eigenvalue weighted by molar-refractivity contribution is 6.31. The Morgan fingerprint density at radius 2 is 1.97 bits per heavy atom. The zero-order valence-electron chi connectivity index (χ0n) is 21.4. The number of rotatable bonds is 10. The van der Waals surface area contributed by atoms with Crippen LogP contribution in [0.5, 0.6) is 5.75 Å². The Morgan fingerprint density at radius 3 is 2.72 bits per heavy atom. The van der Waals surface area contributed by atoms with Crippen LogP contribution in [0.25, 0.3) is 10.9 Å². The van der Waals surface area contributed by atoms with Gasteiger partial charge < -0.3 is 29.6 Å². The summed E-state index contributed by atoms with van der Waals surface area (Å²) in [7, 11) is 1.58. The first-order valence-electron chi connectivity index (χ1n) is 12.6. The predicted octanol–water partition coefficient (Wildman–Crippen LogP) is 3.79. The molecule has 2 aromatic carbocycles. The molecule has 0 spiro atoms. The minimum absolute atomic E-state index is 0.0142. The van der Waals surface area contributed by atoms with Gasteiger partial charge in [-0.2, -0.15) is 0 Å². The van der Waals surface area contributed by atoms with Crippen LogP contribution in [0.3, 0.4) is 0 Å². The molecule has 0 unspecified atom stereocenters. The van der Waals surface area contributed by atoms with Crippen LogP contribution in [0.15, 0.2) is 48.8 Å². The van der Waals surface area contributed by atoms with Crippen molar-refractivity contribution in [3.05, 3.63) is 59.7 Å². The summed E-state index contributed by atoms with van der Waals surface area (Å²) in [5, 5.41) is 6.64. The topological polar surface area (TPSA) is 107 Å². The van der Waals surface area contributed by atoms with E-state index in [9.17, 15) is 9.18 Å². The number of carbonyl (C=O) groups excluding carboxylic acids is 1. The number of likely N-dealkylation sites (tertiary alicyclic amines) is 1. The summed E-state index contributed by atoms with van der Waals surface area (Å²) in [4.78, 5) is 23.7. The van der Waals surface area contributed by atoms with Gasteiger partial charge in [0.25, 0.3) is 0 Å². The minimum atomic E-state index is -0.518. The van der Waals surface area contributed by atoms with Gasteiger partial charge >= 0.3 is 0 Å². The van der Waals surface area contributed by atoms with E-state index in [0.717, 1.165) is 13.1 Å². The summed E-state index contributed by atoms with van der Waals surface area (Å²) in [6, 6.07) is 7.74. The van der Waals surface area contributed by atoms with Gasteiger partial charge in [0.05, 0.1) is 48.3 Å². The van der Waals surface area contributed by atoms with Crippen LogP contribution in [0.1, 0.15) is 0 Å². The van der Waals surface area contributed by atoms with Gasteiger partial charge in [-0.15, -0.1) is 0 Å². The van der Waals surface area contributed by atoms with Crippen molar-refractivity contribution in [1.82, 2.24) is 14.9 Å². The van der Waals surface area contributed by atoms with Gasteiger partial charge in [0.15, 0.2) is 0 Å². The summed E-state index contributed by atoms with van der Waals surface area (Å²) in [5.41, 5.74) is 1.58. The van der Waals surface area contributed by atoms with Crippen LogP contribution < -0.4 is 15.4 Å². The van der Waals surface area contributed by atoms with Crippen LogP contribution >= 0.6 is 11.6 Å². The van der Waals surface area contributed by atoms with Gasteiger partial charge in [0.2, 0.25) is 5.91 Å². The lowest BCUT2D eigenvalue weighted by Gasteiger charge is -2.24. The molecule has 1 aromatic heterocycles. The summed E-state index contributed by atoms with van der Waals surface area (Å²) in [6.07, 6.45) is 4.88. The molecule has 10 nitrogen and oxygen atoms in total. The Morgan fingerprint density at radius 1 is 1.18 bits per heavy atom. The zero-order chi connectivity index (χ0) is 27.2. The lowest BCUT2D eigenvalue weighted by Crippen LogP contribution is -2.36. The number of nitrogens with zero attached hydrogens (tertiary/aromatic N) is 3. The minimum Gasteiger partial charge on any atom is -0.489 e. The Labute approximate surface area is 230 Å². The van der Waals surface area contributed by atoms with Gasteiger partial charge in [0, 0.05) is 50.0 Å². The lowest BCUT2D eigenvalue weighted by molar-refractivity contribution is -0.116. The molecule has 2 atom stereocenters. The molecule has 39 heavy (non-hydrogen) atoms. The third-order valence-electron chi connectivity index (χ3n) is 6.39. The monoisotopic (exact) mass is 557 g/mol. The molecular weight excluding hydrogens is 529 g/mol. The molecule has 2 saturated heterocycles. The molecule has 2 N–H and O–H groups in total. The van der Waals surface area contributed by atoms with E-state index in [1.54, 1.807) is 25.3 Å². The second-order valence-corrected chi connectivity index (χ2v) is 9.52. The summed E-state index contributed by atoms with van der Waals surface area (Å²) >= 11 is 5.93. The summed E-state index contributed by atoms with van der Waals surface area (Å²) in [5.74, 6) is 0.0629. The number of carbonyl (C=O) groups is 1. The molecular formula is C27H29ClFN5O5. The Bertz CT molecular complexity index is 1350. The normalized spacial score (nSPS) is 19.4. The number of aromatic nitrogens is 2. The molecule has 2 aliphatic rings. The second kappa shape index (κ2) is 12.7. The molecule has 5 rings (SSSR count). The third kappa shape index (κ3) is 6.81. The molecule has 0 aliphatic carbocycles. The largest absolute Gasteiger partial charge is 0.489 e. The number of halogens is 2. The maximum Gasteiger partial charge on any atom is 0.248 e. The number of anilines is 3. The highest BCUT2D eigenvalue weighted by atomic mass is 35.5. The predicted molar refractivity (Wildman–Crippen MR) is 145 cm³/mol. The molecule has 0 bridgehead atoms. The van der Waals surface area contributed by atoms with Crippen molar-refractivity contribution in [2.75, 3.05) is 63.8 Å². The molecule has 3 heterocycles. The molecule has 206 valence electrons. The van der Waals surface area contributed by atoms with Gasteiger partial charge in [-0.3, -0.25) is 9.69 Å². The number of ether oxygens (including phenoxy) is 4. The second-order valence-electron chi connectivity index (χ2n) is 9.11. The maximum atomic E-state index is 13.6. The number of nitrogens with one attached hydrogen (secondary N) is 2. The van der Waals surface area contributed by atoms with E-state index in [0.29, 0.717) is 60.2 Å². The van der Waals surface area contributed by atoms with Gasteiger partial charge in [-0.05, 0) is 24.3 Å². The fourth-order valence-corrected chi connectivity index (χ4v) is 4.70. The van der Waals surface area contributed by atoms with Crippen LogP contribution in [0.4, 0.5) is 21.6 Å². The maximum absolute atomic E-state index is 13.6. The van der Waals surface area contributed by atoms with E-state index in [2.05, 4.69) is 25.5 Å². The lowest BCUT2D eigenvalue weighted by atomic mass is 10.1. The number of fused-ring (bicyclic) bond motifs is 2. The quantitative estimate of drug-likeness (QED) is 0.284. The van der Waals surface area contributed by atoms with Crippen molar-refractivity contribution in [3.8, 4) is 5.75 Å². The first-order chi connectivity index (χ1) is 19.0. The molecule has 2 fully saturated rings. The number of methoxy groups -OCH3 is 1. The fraction of sp³-hybridized carbons (Fsp3) is 0.370. The Hall–Kier alpha value is -3.35. The summed E-state index contributed by atoms with van der Waals surface area (Å²) < 4.78 is 36.1. The first-order valence-corrected chi connectivity index (χ1v) is 12.9. The number of benzene rings is 2. The average Bonchev–Trinajstić information content (AvgIpc) is 3.34. The molecule has 1 amide bonds. The van der Waals surface area contributed by atoms with E-state index in [1.807, 2.05) is 6.08 Å². The van der Waals surface area contributed by atoms with Crippen molar-refractivity contribution >= 4 is 45.6 Å². The van der Waals surface area contributed by atoms with Crippen molar-refractivity contribution < 1.29 is 28.1 Å². The molecule has 3 aromatic rings. The highest BCUT2D eigenvalue weighted by Crippen LogP contribution is 2.34. The van der Waals surface area contributed by atoms with Crippen molar-refractivity contribution in [1.29, 1.82) is 0 Å². The van der Waals surface area contributed by atoms with Crippen LogP contribution in [0.2, 0.25) is 5.02 Å². The molecule has 12 heteroatoms. The van der Waals surface area contributed by atoms with E-state index in [4.69, 9.17) is 30.5 Å². The van der Waals surface area contributed by atoms with Crippen molar-refractivity contribution in [2.24, 2.45) is 0 Å². The SMILES string of the molecule is COCCOc1cc2ncnc(Nc3ccc(F)c(Cl)c3)c2cc1NC(=O)C=CCN1C[C@@H]2OCCO[C@@H]2C1. The van der Waals surface area contributed by atoms with E-state index < -0.39 is 5.82 Å². The highest BCUT2D eigenvalue weighted by Gasteiger charge is 2.35. The standard InChI is InChI=1S/C27H29ClFN5O5/c1-36-7-8-37-23-13-21-18(27(31-16-30-21)32-17-4-5-20(29)19(28)11-17)12-22(23)33-26(35)3-2-6-34-14-24-25(15-34)39-10-9-38-24/h2-5,11-13,16,24-25H,6-10,14-15H2,1H3,(H,33,35)(H,30,31,32)/t24-,25+. The van der Waals surface area contributed by atoms with E-state index in [1.165, 1.54) is 24.5 Å². The third-order valence-corrected chi connectivity index (χ3v) is 6.68. The fourth-order valence-electron chi connectivity index (χ4n) is 4.52. The zero-order valence-corrected chi connectivity index (χ0v) is 22.1. The van der Waals surface area contributed by atoms with Gasteiger partial charge in [0.1, 0.15) is 30.3 Å². The molecule has 0 saturated carbocycles. The van der Waals surface area contributed by atoms with Crippen LogP contribution in [0, 0.1) is 5.82 Å². The van der Waals surface area contributed by atoms with Crippen molar-refractivity contribution in [3.63, 3.8) is 0 Å². The number of amides is 1. The smallest absolute Gasteiger partial charge is 0.248 e.